The first-order valence-electron chi connectivity index (χ1n) is 8.00. The number of amidine groups is 2. The van der Waals surface area contributed by atoms with Gasteiger partial charge >= 0.3 is 5.97 Å². The molecule has 0 spiro atoms. The van der Waals surface area contributed by atoms with Crippen LogP contribution in [0.3, 0.4) is 0 Å². The molecule has 0 aliphatic rings. The Kier molecular flexibility index (Phi) is 7.07. The van der Waals surface area contributed by atoms with Crippen LogP contribution in [0.2, 0.25) is 0 Å². The van der Waals surface area contributed by atoms with Gasteiger partial charge in [-0.25, -0.2) is 19.2 Å². The number of hydrogen-bond donors (Lipinski definition) is 1. The maximum atomic E-state index is 13.9. The zero-order valence-electron chi connectivity index (χ0n) is 14.7. The number of nitrogens with two attached hydrogens (primary N) is 1. The minimum atomic E-state index is -0.647. The van der Waals surface area contributed by atoms with Gasteiger partial charge in [0.15, 0.2) is 17.5 Å². The summed E-state index contributed by atoms with van der Waals surface area (Å²) in [6.07, 6.45) is 6.56. The van der Waals surface area contributed by atoms with Crippen LogP contribution in [-0.2, 0) is 9.53 Å². The lowest BCUT2D eigenvalue weighted by Gasteiger charge is -2.04. The Morgan fingerprint density at radius 2 is 2.19 bits per heavy atom. The molecule has 0 aliphatic heterocycles. The van der Waals surface area contributed by atoms with E-state index in [2.05, 4.69) is 26.5 Å². The number of aromatic nitrogens is 2. The lowest BCUT2D eigenvalue weighted by atomic mass is 10.2. The third-order valence-electron chi connectivity index (χ3n) is 3.16. The molecule has 0 unspecified atom stereocenters. The topological polar surface area (TPSA) is 103 Å². The summed E-state index contributed by atoms with van der Waals surface area (Å²) in [7, 11) is 0. The van der Waals surface area contributed by atoms with E-state index in [9.17, 15) is 9.18 Å². The van der Waals surface area contributed by atoms with Crippen molar-refractivity contribution in [3.63, 3.8) is 0 Å². The van der Waals surface area contributed by atoms with Crippen molar-refractivity contribution in [3.05, 3.63) is 78.7 Å². The third kappa shape index (κ3) is 5.67. The zero-order chi connectivity index (χ0) is 19.6. The van der Waals surface area contributed by atoms with Gasteiger partial charge in [0.2, 0.25) is 0 Å². The molecule has 2 aromatic heterocycles. The van der Waals surface area contributed by atoms with Crippen LogP contribution in [0.5, 0.6) is 0 Å². The van der Waals surface area contributed by atoms with E-state index in [0.29, 0.717) is 5.69 Å². The number of carbonyl (C=O) groups excluding carboxylic acids is 1. The average Bonchev–Trinajstić information content (AvgIpc) is 2.68. The van der Waals surface area contributed by atoms with Gasteiger partial charge in [-0.1, -0.05) is 18.7 Å². The van der Waals surface area contributed by atoms with Crippen LogP contribution < -0.4 is 5.73 Å². The molecule has 7 nitrogen and oxygen atoms in total. The molecule has 0 aliphatic carbocycles. The second kappa shape index (κ2) is 9.71. The third-order valence-corrected chi connectivity index (χ3v) is 3.16. The highest BCUT2D eigenvalue weighted by atomic mass is 19.1. The highest BCUT2D eigenvalue weighted by Crippen LogP contribution is 2.16. The van der Waals surface area contributed by atoms with Crippen molar-refractivity contribution in [2.45, 2.75) is 6.92 Å². The van der Waals surface area contributed by atoms with Gasteiger partial charge in [0.05, 0.1) is 18.4 Å². The van der Waals surface area contributed by atoms with E-state index in [-0.39, 0.29) is 29.5 Å². The van der Waals surface area contributed by atoms with Gasteiger partial charge in [-0.2, -0.15) is 0 Å². The van der Waals surface area contributed by atoms with Crippen molar-refractivity contribution in [3.8, 4) is 0 Å². The molecule has 0 radical (unpaired) electrons. The Morgan fingerprint density at radius 1 is 1.37 bits per heavy atom. The fourth-order valence-corrected chi connectivity index (χ4v) is 1.92. The first-order valence-corrected chi connectivity index (χ1v) is 8.00. The first kappa shape index (κ1) is 19.6. The van der Waals surface area contributed by atoms with E-state index in [1.165, 1.54) is 24.4 Å². The Hall–Kier alpha value is -3.68. The van der Waals surface area contributed by atoms with E-state index in [1.807, 2.05) is 0 Å². The molecule has 27 heavy (non-hydrogen) atoms. The van der Waals surface area contributed by atoms with Crippen LogP contribution in [0.4, 0.5) is 10.1 Å². The van der Waals surface area contributed by atoms with Crippen LogP contribution in [-0.4, -0.2) is 34.2 Å². The minimum absolute atomic E-state index is 0.0129. The predicted octanol–water partition coefficient (Wildman–Crippen LogP) is 2.73. The summed E-state index contributed by atoms with van der Waals surface area (Å²) in [4.78, 5) is 28.1. The number of hydrogen-bond acceptors (Lipinski definition) is 5. The smallest absolute Gasteiger partial charge is 0.338 e. The standard InChI is InChI=1S/C19H18FN5O2/c1-3-13(19(26)27-4-2)11-17(24-15-8-10-22-12-14(15)20)25-18(21)16-7-5-6-9-23-16/h3,5-12H,1,4H2,2H3,(H2,21,22,24,25)/b13-11-. The van der Waals surface area contributed by atoms with Gasteiger partial charge < -0.3 is 10.5 Å². The molecule has 0 aromatic carbocycles. The molecule has 0 fully saturated rings. The van der Waals surface area contributed by atoms with Gasteiger partial charge in [0, 0.05) is 12.4 Å². The van der Waals surface area contributed by atoms with Crippen LogP contribution in [0, 0.1) is 5.82 Å². The molecular formula is C19H18FN5O2. The number of pyridine rings is 2. The highest BCUT2D eigenvalue weighted by molar-refractivity contribution is 6.11. The van der Waals surface area contributed by atoms with Crippen molar-refractivity contribution < 1.29 is 13.9 Å². The van der Waals surface area contributed by atoms with Crippen LogP contribution >= 0.6 is 0 Å². The van der Waals surface area contributed by atoms with Crippen molar-refractivity contribution in [2.75, 3.05) is 6.61 Å². The van der Waals surface area contributed by atoms with Crippen molar-refractivity contribution in [1.82, 2.24) is 9.97 Å². The fraction of sp³-hybridized carbons (Fsp3) is 0.105. The largest absolute Gasteiger partial charge is 0.462 e. The Bertz CT molecular complexity index is 907. The number of aliphatic imine (C=N–C) groups is 2. The number of halogens is 1. The fourth-order valence-electron chi connectivity index (χ4n) is 1.92. The van der Waals surface area contributed by atoms with E-state index in [0.717, 1.165) is 6.20 Å². The van der Waals surface area contributed by atoms with Gasteiger partial charge in [-0.3, -0.25) is 9.97 Å². The normalized spacial score (nSPS) is 12.6. The Morgan fingerprint density at radius 3 is 2.81 bits per heavy atom. The summed E-state index contributed by atoms with van der Waals surface area (Å²) < 4.78 is 18.9. The molecule has 2 rings (SSSR count). The summed E-state index contributed by atoms with van der Waals surface area (Å²) in [6, 6.07) is 6.50. The lowest BCUT2D eigenvalue weighted by molar-refractivity contribution is -0.138. The molecule has 0 bridgehead atoms. The summed E-state index contributed by atoms with van der Waals surface area (Å²) in [6.45, 7) is 5.45. The molecule has 0 atom stereocenters. The van der Waals surface area contributed by atoms with E-state index < -0.39 is 11.8 Å². The molecule has 0 saturated heterocycles. The Balaban J connectivity index is 2.53. The van der Waals surface area contributed by atoms with Gasteiger partial charge in [0.25, 0.3) is 0 Å². The summed E-state index contributed by atoms with van der Waals surface area (Å²) >= 11 is 0. The number of ether oxygens (including phenoxy) is 1. The molecule has 2 aromatic rings. The van der Waals surface area contributed by atoms with Crippen LogP contribution in [0.1, 0.15) is 12.6 Å². The monoisotopic (exact) mass is 367 g/mol. The van der Waals surface area contributed by atoms with Crippen molar-refractivity contribution in [1.29, 1.82) is 0 Å². The maximum absolute atomic E-state index is 13.9. The highest BCUT2D eigenvalue weighted by Gasteiger charge is 2.10. The van der Waals surface area contributed by atoms with E-state index in [4.69, 9.17) is 10.5 Å². The minimum Gasteiger partial charge on any atom is -0.462 e. The molecular weight excluding hydrogens is 349 g/mol. The van der Waals surface area contributed by atoms with Crippen molar-refractivity contribution in [2.24, 2.45) is 15.7 Å². The predicted molar refractivity (Wildman–Crippen MR) is 101 cm³/mol. The maximum Gasteiger partial charge on any atom is 0.338 e. The number of carbonyl (C=O) groups is 1. The van der Waals surface area contributed by atoms with Crippen molar-refractivity contribution >= 4 is 23.3 Å². The summed E-state index contributed by atoms with van der Waals surface area (Å²) in [5, 5.41) is 0. The number of esters is 1. The van der Waals surface area contributed by atoms with Crippen LogP contribution in [0.15, 0.2) is 77.1 Å². The lowest BCUT2D eigenvalue weighted by Crippen LogP contribution is -2.17. The molecule has 0 amide bonds. The first-order chi connectivity index (χ1) is 13.0. The average molecular weight is 367 g/mol. The van der Waals surface area contributed by atoms with E-state index in [1.54, 1.807) is 31.3 Å². The van der Waals surface area contributed by atoms with Gasteiger partial charge in [-0.15, -0.1) is 0 Å². The van der Waals surface area contributed by atoms with E-state index >= 15 is 0 Å². The number of nitrogens with zero attached hydrogens (tertiary/aromatic N) is 4. The quantitative estimate of drug-likeness (QED) is 0.278. The molecule has 8 heteroatoms. The zero-order valence-corrected chi connectivity index (χ0v) is 14.7. The Labute approximate surface area is 155 Å². The second-order valence-corrected chi connectivity index (χ2v) is 5.03. The SMILES string of the molecule is C=C/C(=C/C(=Nc1ccncc1F)N=C(N)c1ccccn1)C(=O)OCC. The van der Waals surface area contributed by atoms with Gasteiger partial charge in [0.1, 0.15) is 11.4 Å². The van der Waals surface area contributed by atoms with Crippen LogP contribution in [0.25, 0.3) is 0 Å². The number of rotatable bonds is 6. The molecule has 138 valence electrons. The molecule has 2 heterocycles. The molecule has 2 N–H and O–H groups in total. The van der Waals surface area contributed by atoms with Gasteiger partial charge in [-0.05, 0) is 31.2 Å². The molecule has 0 saturated carbocycles. The second-order valence-electron chi connectivity index (χ2n) is 5.03. The summed E-state index contributed by atoms with van der Waals surface area (Å²) in [5.41, 5.74) is 6.46. The summed E-state index contributed by atoms with van der Waals surface area (Å²) in [5.74, 6) is -1.23.